The second-order valence-corrected chi connectivity index (χ2v) is 27.4. The summed E-state index contributed by atoms with van der Waals surface area (Å²) in [4.78, 5) is 0. The molecule has 0 bridgehead atoms. The number of rotatable bonds is 13. The van der Waals surface area contributed by atoms with E-state index in [1.54, 1.807) is 0 Å². The van der Waals surface area contributed by atoms with Crippen LogP contribution in [0.1, 0.15) is 27.7 Å². The van der Waals surface area contributed by atoms with Gasteiger partial charge in [-0.15, -0.1) is 0 Å². The number of halogens is 2. The van der Waals surface area contributed by atoms with Crippen molar-refractivity contribution in [2.45, 2.75) is 38.9 Å². The molecule has 5 heteroatoms. The average molecular weight is 1340 g/mol. The molecule has 0 spiro atoms. The average Bonchev–Trinajstić information content (AvgIpc) is 1.64. The molecule has 1 saturated heterocycles. The van der Waals surface area contributed by atoms with E-state index in [1.165, 1.54) is 111 Å². The van der Waals surface area contributed by atoms with Crippen LogP contribution in [0.15, 0.2) is 382 Å². The van der Waals surface area contributed by atoms with E-state index in [1.807, 2.05) is 42.5 Å². The second-order valence-electron chi connectivity index (χ2n) is 26.5. The summed E-state index contributed by atoms with van der Waals surface area (Å²) in [6.45, 7) is 8.33. The highest BCUT2D eigenvalue weighted by atomic mass is 35.5. The minimum Gasteiger partial charge on any atom is -0.399 e. The van der Waals surface area contributed by atoms with Crippen LogP contribution in [-0.2, 0) is 9.31 Å². The number of benzene rings is 15. The van der Waals surface area contributed by atoms with Crippen LogP contribution < -0.4 is 5.46 Å². The van der Waals surface area contributed by atoms with Crippen LogP contribution in [0, 0.1) is 0 Å². The topological polar surface area (TPSA) is 18.5 Å². The second kappa shape index (κ2) is 30.5. The Hall–Kier alpha value is -11.1. The molecule has 0 aromatic heterocycles. The van der Waals surface area contributed by atoms with Gasteiger partial charge in [-0.3, -0.25) is 0 Å². The Balaban J connectivity index is 0.000000152. The summed E-state index contributed by atoms with van der Waals surface area (Å²) in [5.74, 6) is 0. The molecule has 15 aromatic rings. The summed E-state index contributed by atoms with van der Waals surface area (Å²) in [5, 5.41) is 1.50. The molecular weight excluding hydrogens is 1270 g/mol. The standard InChI is InChI=1S/C54H38.C24H25BO2.C18H12Cl2/c1-3-11-39(12-4-1)41-23-27-43(28-24-41)47-15-7-19-51(35-47)53-21-9-17-49(37-53)45-31-33-46(34-32-45)50-18-10-22-54(38-50)52-20-8-16-48(36-52)44-29-25-42(26-30-44)40-13-5-2-6-14-40;1-23(2)24(3,4)27-25(26-23)22-12-8-11-21(17-22)20-15-13-19(14-16-20)18-9-6-5-7-10-18;19-17-5-1-3-15(11-17)13-7-9-14(10-8-13)16-4-2-6-18(20)12-16/h1-38H;5-17H,1-4H3;1-12H. The van der Waals surface area contributed by atoms with Gasteiger partial charge in [0.15, 0.2) is 0 Å². The van der Waals surface area contributed by atoms with Gasteiger partial charge in [-0.2, -0.15) is 0 Å². The van der Waals surface area contributed by atoms with Gasteiger partial charge in [0.1, 0.15) is 0 Å². The quantitative estimate of drug-likeness (QED) is 0.107. The predicted octanol–water partition coefficient (Wildman–Crippen LogP) is 26.7. The zero-order valence-corrected chi connectivity index (χ0v) is 58.5. The van der Waals surface area contributed by atoms with Crippen molar-refractivity contribution >= 4 is 35.8 Å². The van der Waals surface area contributed by atoms with Crippen LogP contribution in [0.5, 0.6) is 0 Å². The van der Waals surface area contributed by atoms with Crippen LogP contribution in [0.2, 0.25) is 10.0 Å². The molecule has 1 aliphatic rings. The van der Waals surface area contributed by atoms with E-state index in [0.717, 1.165) is 37.8 Å². The fourth-order valence-electron chi connectivity index (χ4n) is 12.9. The molecule has 101 heavy (non-hydrogen) atoms. The van der Waals surface area contributed by atoms with Gasteiger partial charge in [-0.05, 0) is 215 Å². The summed E-state index contributed by atoms with van der Waals surface area (Å²) in [6.07, 6.45) is 0. The van der Waals surface area contributed by atoms with Crippen LogP contribution in [0.25, 0.3) is 134 Å². The smallest absolute Gasteiger partial charge is 0.399 e. The first-order valence-corrected chi connectivity index (χ1v) is 35.1. The lowest BCUT2D eigenvalue weighted by Crippen LogP contribution is -2.41. The van der Waals surface area contributed by atoms with Crippen LogP contribution in [0.4, 0.5) is 0 Å². The maximum atomic E-state index is 6.20. The molecule has 16 rings (SSSR count). The molecule has 0 aliphatic carbocycles. The van der Waals surface area contributed by atoms with Crippen LogP contribution in [0.3, 0.4) is 0 Å². The fraction of sp³-hybridized carbons (Fsp3) is 0.0625. The Morgan fingerprint density at radius 2 is 0.347 bits per heavy atom. The highest BCUT2D eigenvalue weighted by molar-refractivity contribution is 6.62. The van der Waals surface area contributed by atoms with Crippen molar-refractivity contribution in [2.75, 3.05) is 0 Å². The number of hydrogen-bond donors (Lipinski definition) is 0. The Bertz CT molecular complexity index is 5000. The van der Waals surface area contributed by atoms with Crippen molar-refractivity contribution in [1.29, 1.82) is 0 Å². The lowest BCUT2D eigenvalue weighted by Gasteiger charge is -2.32. The number of hydrogen-bond acceptors (Lipinski definition) is 2. The van der Waals surface area contributed by atoms with E-state index < -0.39 is 0 Å². The summed E-state index contributed by atoms with van der Waals surface area (Å²) in [7, 11) is -0.335. The molecule has 0 radical (unpaired) electrons. The Kier molecular flexibility index (Phi) is 20.3. The van der Waals surface area contributed by atoms with E-state index in [-0.39, 0.29) is 18.3 Å². The first-order chi connectivity index (χ1) is 49.3. The van der Waals surface area contributed by atoms with Crippen molar-refractivity contribution in [3.8, 4) is 134 Å². The summed E-state index contributed by atoms with van der Waals surface area (Å²) < 4.78 is 12.4. The van der Waals surface area contributed by atoms with Gasteiger partial charge < -0.3 is 9.31 Å². The van der Waals surface area contributed by atoms with Gasteiger partial charge in [0.05, 0.1) is 11.2 Å². The van der Waals surface area contributed by atoms with Crippen molar-refractivity contribution in [1.82, 2.24) is 0 Å². The molecule has 1 heterocycles. The van der Waals surface area contributed by atoms with Crippen molar-refractivity contribution < 1.29 is 9.31 Å². The third-order valence-corrected chi connectivity index (χ3v) is 19.7. The Morgan fingerprint density at radius 1 is 0.178 bits per heavy atom. The predicted molar refractivity (Wildman–Crippen MR) is 430 cm³/mol. The van der Waals surface area contributed by atoms with E-state index in [2.05, 4.69) is 367 Å². The molecule has 1 aliphatic heterocycles. The largest absolute Gasteiger partial charge is 0.494 e. The fourth-order valence-corrected chi connectivity index (χ4v) is 13.2. The maximum absolute atomic E-state index is 6.20. The van der Waals surface area contributed by atoms with Crippen molar-refractivity contribution in [2.24, 2.45) is 0 Å². The van der Waals surface area contributed by atoms with Gasteiger partial charge in [0, 0.05) is 10.0 Å². The van der Waals surface area contributed by atoms with Crippen molar-refractivity contribution in [3.63, 3.8) is 0 Å². The SMILES string of the molecule is CC1(C)OB(c2cccc(-c3ccc(-c4ccccc4)cc3)c2)OC1(C)C.Clc1cccc(-c2ccc(-c3cccc(Cl)c3)cc2)c1.c1ccc(-c2ccc(-c3cccc(-c4cccc(-c5ccc(-c6cccc(-c7cccc(-c8ccc(-c9ccccc9)cc8)c7)c6)cc5)c4)c3)cc2)cc1. The molecule has 1 fully saturated rings. The molecule has 488 valence electrons. The van der Waals surface area contributed by atoms with Crippen LogP contribution >= 0.6 is 23.2 Å². The minimum atomic E-state index is -0.335. The lowest BCUT2D eigenvalue weighted by atomic mass is 9.78. The van der Waals surface area contributed by atoms with E-state index >= 15 is 0 Å². The summed E-state index contributed by atoms with van der Waals surface area (Å²) in [5.41, 5.74) is 29.2. The molecule has 0 amide bonds. The zero-order valence-electron chi connectivity index (χ0n) is 57.0. The molecule has 0 unspecified atom stereocenters. The van der Waals surface area contributed by atoms with Gasteiger partial charge in [0.2, 0.25) is 0 Å². The molecule has 15 aromatic carbocycles. The van der Waals surface area contributed by atoms with E-state index in [0.29, 0.717) is 0 Å². The lowest BCUT2D eigenvalue weighted by molar-refractivity contribution is 0.00578. The third-order valence-electron chi connectivity index (χ3n) is 19.3. The molecule has 0 saturated carbocycles. The van der Waals surface area contributed by atoms with Gasteiger partial charge >= 0.3 is 7.12 Å². The monoisotopic (exact) mass is 1340 g/mol. The minimum absolute atomic E-state index is 0.328. The maximum Gasteiger partial charge on any atom is 0.494 e. The van der Waals surface area contributed by atoms with Gasteiger partial charge in [0.25, 0.3) is 0 Å². The molecule has 0 atom stereocenters. The first-order valence-electron chi connectivity index (χ1n) is 34.4. The molecule has 2 nitrogen and oxygen atoms in total. The molecular formula is C96H75BCl2O2. The normalized spacial score (nSPS) is 12.7. The Morgan fingerprint density at radius 3 is 0.584 bits per heavy atom. The zero-order chi connectivity index (χ0) is 69.1. The highest BCUT2D eigenvalue weighted by Gasteiger charge is 2.51. The van der Waals surface area contributed by atoms with E-state index in [4.69, 9.17) is 32.5 Å². The van der Waals surface area contributed by atoms with E-state index in [9.17, 15) is 0 Å². The molecule has 0 N–H and O–H groups in total. The third kappa shape index (κ3) is 16.1. The van der Waals surface area contributed by atoms with Crippen LogP contribution in [-0.4, -0.2) is 18.3 Å². The Labute approximate surface area is 605 Å². The first kappa shape index (κ1) is 67.1. The summed E-state index contributed by atoms with van der Waals surface area (Å²) >= 11 is 12.0. The highest BCUT2D eigenvalue weighted by Crippen LogP contribution is 2.39. The van der Waals surface area contributed by atoms with Gasteiger partial charge in [-0.25, -0.2) is 0 Å². The van der Waals surface area contributed by atoms with Gasteiger partial charge in [-0.1, -0.05) is 357 Å². The van der Waals surface area contributed by atoms with Crippen molar-refractivity contribution in [3.05, 3.63) is 392 Å². The summed E-state index contributed by atoms with van der Waals surface area (Å²) in [6, 6.07) is 135.